The first-order valence-electron chi connectivity index (χ1n) is 5.18. The maximum Gasteiger partial charge on any atom is 0.321 e. The highest BCUT2D eigenvalue weighted by Gasteiger charge is 2.25. The van der Waals surface area contributed by atoms with E-state index in [9.17, 15) is 13.2 Å². The maximum absolute atomic E-state index is 11.9. The van der Waals surface area contributed by atoms with Gasteiger partial charge in [-0.1, -0.05) is 13.3 Å². The van der Waals surface area contributed by atoms with Crippen molar-refractivity contribution in [1.29, 1.82) is 0 Å². The molecule has 0 aliphatic carbocycles. The molecule has 0 saturated heterocycles. The smallest absolute Gasteiger partial charge is 0.321 e. The number of hydrogen-bond acceptors (Lipinski definition) is 4. The zero-order valence-corrected chi connectivity index (χ0v) is 11.3. The fraction of sp³-hybridized carbons (Fsp3) is 0.500. The lowest BCUT2D eigenvalue weighted by Crippen LogP contribution is -2.40. The summed E-state index contributed by atoms with van der Waals surface area (Å²) in [7, 11) is -3.72. The van der Waals surface area contributed by atoms with Crippen molar-refractivity contribution in [3.8, 4) is 0 Å². The number of carbonyl (C=O) groups is 1. The summed E-state index contributed by atoms with van der Waals surface area (Å²) >= 11 is 1.12. The first-order valence-corrected chi connectivity index (χ1v) is 7.48. The molecule has 2 N–H and O–H groups in total. The van der Waals surface area contributed by atoms with Gasteiger partial charge in [0.2, 0.25) is 0 Å². The molecule has 0 aromatic carbocycles. The molecule has 17 heavy (non-hydrogen) atoms. The number of carboxylic acids is 1. The van der Waals surface area contributed by atoms with Crippen LogP contribution in [-0.2, 0) is 14.8 Å². The number of thiophene rings is 1. The van der Waals surface area contributed by atoms with Crippen LogP contribution in [0.1, 0.15) is 24.6 Å². The standard InChI is InChI=1S/C10H15NO4S2/c1-3-4-8(10(12)13)11-17(14,15)9-6-5-7(2)16-9/h5-6,8,11H,3-4H2,1-2H3,(H,12,13)/t8-/m0/s1. The molecule has 0 unspecified atom stereocenters. The molecular formula is C10H15NO4S2. The van der Waals surface area contributed by atoms with E-state index in [-0.39, 0.29) is 10.6 Å². The molecule has 5 nitrogen and oxygen atoms in total. The first kappa shape index (κ1) is 14.1. The topological polar surface area (TPSA) is 83.5 Å². The van der Waals surface area contributed by atoms with Crippen molar-refractivity contribution >= 4 is 27.3 Å². The Morgan fingerprint density at radius 2 is 2.18 bits per heavy atom. The molecule has 0 amide bonds. The van der Waals surface area contributed by atoms with Gasteiger partial charge in [0, 0.05) is 4.88 Å². The summed E-state index contributed by atoms with van der Waals surface area (Å²) in [5, 5.41) is 8.90. The fourth-order valence-electron chi connectivity index (χ4n) is 1.32. The Kier molecular flexibility index (Phi) is 4.67. The Labute approximate surface area is 105 Å². The van der Waals surface area contributed by atoms with E-state index in [1.165, 1.54) is 6.07 Å². The van der Waals surface area contributed by atoms with Gasteiger partial charge >= 0.3 is 5.97 Å². The zero-order chi connectivity index (χ0) is 13.1. The highest BCUT2D eigenvalue weighted by atomic mass is 32.2. The van der Waals surface area contributed by atoms with Gasteiger partial charge in [-0.15, -0.1) is 11.3 Å². The van der Waals surface area contributed by atoms with Crippen LogP contribution in [0.2, 0.25) is 0 Å². The molecular weight excluding hydrogens is 262 g/mol. The molecule has 1 rings (SSSR count). The van der Waals surface area contributed by atoms with Gasteiger partial charge in [0.25, 0.3) is 10.0 Å². The molecule has 0 radical (unpaired) electrons. The Morgan fingerprint density at radius 1 is 1.53 bits per heavy atom. The SMILES string of the molecule is CCC[C@H](NS(=O)(=O)c1ccc(C)s1)C(=O)O. The van der Waals surface area contributed by atoms with Crippen LogP contribution in [-0.4, -0.2) is 25.5 Å². The van der Waals surface area contributed by atoms with Crippen molar-refractivity contribution < 1.29 is 18.3 Å². The van der Waals surface area contributed by atoms with Crippen molar-refractivity contribution in [3.63, 3.8) is 0 Å². The minimum atomic E-state index is -3.72. The van der Waals surface area contributed by atoms with Crippen LogP contribution in [0.3, 0.4) is 0 Å². The summed E-state index contributed by atoms with van der Waals surface area (Å²) in [5.74, 6) is -1.15. The summed E-state index contributed by atoms with van der Waals surface area (Å²) in [4.78, 5) is 11.7. The van der Waals surface area contributed by atoms with E-state index < -0.39 is 22.0 Å². The Bertz CT molecular complexity index is 492. The van der Waals surface area contributed by atoms with Crippen LogP contribution in [0.4, 0.5) is 0 Å². The number of carboxylic acid groups (broad SMARTS) is 1. The van der Waals surface area contributed by atoms with Crippen LogP contribution < -0.4 is 4.72 Å². The molecule has 96 valence electrons. The average Bonchev–Trinajstić information content (AvgIpc) is 2.64. The molecule has 1 aromatic heterocycles. The molecule has 1 aromatic rings. The molecule has 0 bridgehead atoms. The largest absolute Gasteiger partial charge is 0.480 e. The van der Waals surface area contributed by atoms with E-state index in [1.54, 1.807) is 19.9 Å². The molecule has 0 aliphatic rings. The number of nitrogens with one attached hydrogen (secondary N) is 1. The lowest BCUT2D eigenvalue weighted by atomic mass is 10.2. The lowest BCUT2D eigenvalue weighted by molar-refractivity contribution is -0.139. The minimum absolute atomic E-state index is 0.150. The van der Waals surface area contributed by atoms with E-state index >= 15 is 0 Å². The van der Waals surface area contributed by atoms with Gasteiger partial charge in [-0.25, -0.2) is 8.42 Å². The predicted octanol–water partition coefficient (Wildman–Crippen LogP) is 1.59. The van der Waals surface area contributed by atoms with Gasteiger partial charge < -0.3 is 5.11 Å². The Balaban J connectivity index is 2.88. The van der Waals surface area contributed by atoms with Gasteiger partial charge in [-0.3, -0.25) is 4.79 Å². The highest BCUT2D eigenvalue weighted by Crippen LogP contribution is 2.20. The van der Waals surface area contributed by atoms with Gasteiger partial charge in [-0.2, -0.15) is 4.72 Å². The van der Waals surface area contributed by atoms with Crippen LogP contribution in [0.25, 0.3) is 0 Å². The molecule has 1 heterocycles. The highest BCUT2D eigenvalue weighted by molar-refractivity contribution is 7.91. The molecule has 0 aliphatic heterocycles. The van der Waals surface area contributed by atoms with Gasteiger partial charge in [0.15, 0.2) is 0 Å². The van der Waals surface area contributed by atoms with Crippen molar-refractivity contribution in [1.82, 2.24) is 4.72 Å². The summed E-state index contributed by atoms with van der Waals surface area (Å²) in [6, 6.07) is 2.11. The molecule has 0 saturated carbocycles. The third kappa shape index (κ3) is 3.79. The van der Waals surface area contributed by atoms with E-state index in [2.05, 4.69) is 4.72 Å². The summed E-state index contributed by atoms with van der Waals surface area (Å²) in [6.45, 7) is 3.60. The third-order valence-corrected chi connectivity index (χ3v) is 5.12. The van der Waals surface area contributed by atoms with E-state index in [4.69, 9.17) is 5.11 Å². The molecule has 7 heteroatoms. The Hall–Kier alpha value is -0.920. The average molecular weight is 277 g/mol. The lowest BCUT2D eigenvalue weighted by Gasteiger charge is -2.12. The van der Waals surface area contributed by atoms with Crippen molar-refractivity contribution in [2.24, 2.45) is 0 Å². The zero-order valence-electron chi connectivity index (χ0n) is 9.63. The van der Waals surface area contributed by atoms with Gasteiger partial charge in [0.1, 0.15) is 10.3 Å². The van der Waals surface area contributed by atoms with Crippen LogP contribution >= 0.6 is 11.3 Å². The fourth-order valence-corrected chi connectivity index (χ4v) is 3.85. The molecule has 1 atom stereocenters. The first-order chi connectivity index (χ1) is 7.86. The number of rotatable bonds is 6. The van der Waals surface area contributed by atoms with Crippen LogP contribution in [0.15, 0.2) is 16.3 Å². The summed E-state index contributed by atoms with van der Waals surface area (Å²) in [6.07, 6.45) is 0.877. The normalized spacial score (nSPS) is 13.5. The van der Waals surface area contributed by atoms with E-state index in [0.717, 1.165) is 16.2 Å². The third-order valence-electron chi connectivity index (χ3n) is 2.15. The van der Waals surface area contributed by atoms with E-state index in [1.807, 2.05) is 0 Å². The summed E-state index contributed by atoms with van der Waals surface area (Å²) in [5.41, 5.74) is 0. The second-order valence-electron chi connectivity index (χ2n) is 3.67. The summed E-state index contributed by atoms with van der Waals surface area (Å²) < 4.78 is 26.1. The van der Waals surface area contributed by atoms with Crippen LogP contribution in [0, 0.1) is 6.92 Å². The molecule has 0 spiro atoms. The number of aliphatic carboxylic acids is 1. The second kappa shape index (κ2) is 5.61. The van der Waals surface area contributed by atoms with Gasteiger partial charge in [-0.05, 0) is 25.5 Å². The monoisotopic (exact) mass is 277 g/mol. The minimum Gasteiger partial charge on any atom is -0.480 e. The van der Waals surface area contributed by atoms with E-state index in [0.29, 0.717) is 6.42 Å². The maximum atomic E-state index is 11.9. The molecule has 0 fully saturated rings. The number of aryl methyl sites for hydroxylation is 1. The van der Waals surface area contributed by atoms with Crippen molar-refractivity contribution in [2.45, 2.75) is 36.9 Å². The number of hydrogen-bond donors (Lipinski definition) is 2. The van der Waals surface area contributed by atoms with Crippen molar-refractivity contribution in [2.75, 3.05) is 0 Å². The quantitative estimate of drug-likeness (QED) is 0.827. The van der Waals surface area contributed by atoms with Gasteiger partial charge in [0.05, 0.1) is 0 Å². The van der Waals surface area contributed by atoms with Crippen molar-refractivity contribution in [3.05, 3.63) is 17.0 Å². The second-order valence-corrected chi connectivity index (χ2v) is 6.89. The predicted molar refractivity (Wildman–Crippen MR) is 65.7 cm³/mol. The van der Waals surface area contributed by atoms with Crippen LogP contribution in [0.5, 0.6) is 0 Å². The number of sulfonamides is 1. The Morgan fingerprint density at radius 3 is 2.59 bits per heavy atom.